The highest BCUT2D eigenvalue weighted by molar-refractivity contribution is 4.93. The molecule has 1 aliphatic heterocycles. The first-order chi connectivity index (χ1) is 7.12. The molecule has 2 heteroatoms. The molecule has 0 spiro atoms. The van der Waals surface area contributed by atoms with E-state index in [2.05, 4.69) is 31.1 Å². The van der Waals surface area contributed by atoms with Crippen molar-refractivity contribution in [1.82, 2.24) is 10.2 Å². The zero-order valence-electron chi connectivity index (χ0n) is 10.6. The summed E-state index contributed by atoms with van der Waals surface area (Å²) in [5, 5.41) is 3.52. The van der Waals surface area contributed by atoms with Gasteiger partial charge in [-0.2, -0.15) is 0 Å². The second-order valence-electron chi connectivity index (χ2n) is 6.13. The van der Waals surface area contributed by atoms with Gasteiger partial charge in [-0.3, -0.25) is 4.90 Å². The average molecular weight is 210 g/mol. The van der Waals surface area contributed by atoms with Crippen molar-refractivity contribution in [3.8, 4) is 0 Å². The van der Waals surface area contributed by atoms with Gasteiger partial charge in [0.25, 0.3) is 0 Å². The van der Waals surface area contributed by atoms with Crippen molar-refractivity contribution >= 4 is 0 Å². The average Bonchev–Trinajstić information content (AvgIpc) is 2.59. The topological polar surface area (TPSA) is 15.3 Å². The van der Waals surface area contributed by atoms with Gasteiger partial charge in [-0.1, -0.05) is 26.7 Å². The highest BCUT2D eigenvalue weighted by Crippen LogP contribution is 2.34. The number of rotatable bonds is 2. The van der Waals surface area contributed by atoms with Crippen molar-refractivity contribution in [3.63, 3.8) is 0 Å². The second-order valence-corrected chi connectivity index (χ2v) is 6.13. The lowest BCUT2D eigenvalue weighted by molar-refractivity contribution is 0.140. The van der Waals surface area contributed by atoms with Gasteiger partial charge in [0.05, 0.1) is 0 Å². The van der Waals surface area contributed by atoms with Gasteiger partial charge in [0.1, 0.15) is 0 Å². The third-order valence-electron chi connectivity index (χ3n) is 4.28. The fourth-order valence-corrected chi connectivity index (χ4v) is 3.32. The minimum Gasteiger partial charge on any atom is -0.315 e. The summed E-state index contributed by atoms with van der Waals surface area (Å²) >= 11 is 0. The molecule has 0 bridgehead atoms. The number of hydrogen-bond acceptors (Lipinski definition) is 2. The molecule has 2 unspecified atom stereocenters. The molecular weight excluding hydrogens is 184 g/mol. The van der Waals surface area contributed by atoms with Crippen molar-refractivity contribution in [3.05, 3.63) is 0 Å². The highest BCUT2D eigenvalue weighted by atomic mass is 15.2. The largest absolute Gasteiger partial charge is 0.315 e. The Morgan fingerprint density at radius 2 is 1.93 bits per heavy atom. The lowest BCUT2D eigenvalue weighted by Crippen LogP contribution is -2.50. The summed E-state index contributed by atoms with van der Waals surface area (Å²) in [5.41, 5.74) is 0.551. The molecule has 0 amide bonds. The third kappa shape index (κ3) is 2.54. The minimum atomic E-state index is 0.551. The van der Waals surface area contributed by atoms with E-state index >= 15 is 0 Å². The van der Waals surface area contributed by atoms with Crippen LogP contribution in [0.2, 0.25) is 0 Å². The summed E-state index contributed by atoms with van der Waals surface area (Å²) in [7, 11) is 2.13. The predicted molar refractivity (Wildman–Crippen MR) is 65.1 cm³/mol. The Labute approximate surface area is 94.4 Å². The molecule has 1 heterocycles. The van der Waals surface area contributed by atoms with Crippen LogP contribution >= 0.6 is 0 Å². The monoisotopic (exact) mass is 210 g/mol. The molecule has 1 saturated heterocycles. The molecule has 2 aliphatic rings. The van der Waals surface area contributed by atoms with Crippen LogP contribution in [0, 0.1) is 5.41 Å². The zero-order valence-corrected chi connectivity index (χ0v) is 10.6. The Morgan fingerprint density at radius 1 is 1.20 bits per heavy atom. The summed E-state index contributed by atoms with van der Waals surface area (Å²) in [6, 6.07) is 1.55. The Kier molecular flexibility index (Phi) is 3.36. The Bertz CT molecular complexity index is 213. The number of likely N-dealkylation sites (N-methyl/N-ethyl adjacent to an activating group) is 1. The van der Waals surface area contributed by atoms with E-state index in [1.54, 1.807) is 0 Å². The van der Waals surface area contributed by atoms with Gasteiger partial charge in [0.2, 0.25) is 0 Å². The Morgan fingerprint density at radius 3 is 2.53 bits per heavy atom. The normalized spacial score (nSPS) is 37.0. The lowest BCUT2D eigenvalue weighted by atomic mass is 9.89. The molecular formula is C13H26N2. The van der Waals surface area contributed by atoms with Crippen molar-refractivity contribution in [2.75, 3.05) is 20.1 Å². The molecule has 0 aromatic carbocycles. The molecule has 2 nitrogen and oxygen atoms in total. The van der Waals surface area contributed by atoms with Gasteiger partial charge >= 0.3 is 0 Å². The third-order valence-corrected chi connectivity index (χ3v) is 4.28. The smallest absolute Gasteiger partial charge is 0.0249 e. The van der Waals surface area contributed by atoms with E-state index in [4.69, 9.17) is 0 Å². The van der Waals surface area contributed by atoms with Crippen LogP contribution in [0.1, 0.15) is 46.0 Å². The van der Waals surface area contributed by atoms with Gasteiger partial charge in [-0.25, -0.2) is 0 Å². The van der Waals surface area contributed by atoms with Gasteiger partial charge in [0.15, 0.2) is 0 Å². The molecule has 0 radical (unpaired) electrons. The molecule has 1 N–H and O–H groups in total. The molecule has 1 aliphatic carbocycles. The first kappa shape index (κ1) is 11.4. The molecule has 1 saturated carbocycles. The van der Waals surface area contributed by atoms with Crippen LogP contribution in [0.5, 0.6) is 0 Å². The Hall–Kier alpha value is -0.0800. The molecule has 0 aromatic rings. The van der Waals surface area contributed by atoms with Crippen LogP contribution in [0.4, 0.5) is 0 Å². The van der Waals surface area contributed by atoms with Crippen LogP contribution in [0.25, 0.3) is 0 Å². The van der Waals surface area contributed by atoms with E-state index in [1.165, 1.54) is 45.2 Å². The number of hydrogen-bond donors (Lipinski definition) is 1. The molecule has 2 atom stereocenters. The fraction of sp³-hybridized carbons (Fsp3) is 1.00. The first-order valence-corrected chi connectivity index (χ1v) is 6.54. The summed E-state index contributed by atoms with van der Waals surface area (Å²) < 4.78 is 0. The van der Waals surface area contributed by atoms with Gasteiger partial charge in [0, 0.05) is 18.6 Å². The van der Waals surface area contributed by atoms with Crippen molar-refractivity contribution in [1.29, 1.82) is 0 Å². The van der Waals surface area contributed by atoms with E-state index in [-0.39, 0.29) is 0 Å². The van der Waals surface area contributed by atoms with Gasteiger partial charge in [-0.15, -0.1) is 0 Å². The number of likely N-dealkylation sites (tertiary alicyclic amines) is 1. The molecule has 2 rings (SSSR count). The SMILES string of the molecule is CNC1CCCCC1N1CCC(C)(C)C1. The van der Waals surface area contributed by atoms with Crippen molar-refractivity contribution in [2.24, 2.45) is 5.41 Å². The number of nitrogens with zero attached hydrogens (tertiary/aromatic N) is 1. The van der Waals surface area contributed by atoms with E-state index < -0.39 is 0 Å². The summed E-state index contributed by atoms with van der Waals surface area (Å²) in [5.74, 6) is 0. The molecule has 2 fully saturated rings. The van der Waals surface area contributed by atoms with Crippen LogP contribution in [0.15, 0.2) is 0 Å². The second kappa shape index (κ2) is 4.42. The zero-order chi connectivity index (χ0) is 10.9. The standard InChI is InChI=1S/C13H26N2/c1-13(2)8-9-15(10-13)12-7-5-4-6-11(12)14-3/h11-12,14H,4-10H2,1-3H3. The summed E-state index contributed by atoms with van der Waals surface area (Å²) in [6.07, 6.45) is 7.00. The molecule has 0 aromatic heterocycles. The van der Waals surface area contributed by atoms with Gasteiger partial charge < -0.3 is 5.32 Å². The summed E-state index contributed by atoms with van der Waals surface area (Å²) in [6.45, 7) is 7.43. The van der Waals surface area contributed by atoms with Gasteiger partial charge in [-0.05, 0) is 38.3 Å². The van der Waals surface area contributed by atoms with Crippen molar-refractivity contribution in [2.45, 2.75) is 58.0 Å². The van der Waals surface area contributed by atoms with E-state index in [0.717, 1.165) is 12.1 Å². The lowest BCUT2D eigenvalue weighted by Gasteiger charge is -2.38. The highest BCUT2D eigenvalue weighted by Gasteiger charge is 2.36. The van der Waals surface area contributed by atoms with E-state index in [0.29, 0.717) is 5.41 Å². The van der Waals surface area contributed by atoms with Crippen LogP contribution in [0.3, 0.4) is 0 Å². The molecule has 88 valence electrons. The predicted octanol–water partition coefficient (Wildman–Crippen LogP) is 2.25. The summed E-state index contributed by atoms with van der Waals surface area (Å²) in [4.78, 5) is 2.74. The van der Waals surface area contributed by atoms with Crippen LogP contribution in [-0.2, 0) is 0 Å². The van der Waals surface area contributed by atoms with Crippen LogP contribution < -0.4 is 5.32 Å². The molecule has 15 heavy (non-hydrogen) atoms. The Balaban J connectivity index is 1.97. The van der Waals surface area contributed by atoms with E-state index in [9.17, 15) is 0 Å². The van der Waals surface area contributed by atoms with Crippen LogP contribution in [-0.4, -0.2) is 37.1 Å². The maximum Gasteiger partial charge on any atom is 0.0249 e. The van der Waals surface area contributed by atoms with E-state index in [1.807, 2.05) is 0 Å². The van der Waals surface area contributed by atoms with Crippen molar-refractivity contribution < 1.29 is 0 Å². The first-order valence-electron chi connectivity index (χ1n) is 6.54. The fourth-order valence-electron chi connectivity index (χ4n) is 3.32. The number of nitrogens with one attached hydrogen (secondary N) is 1. The quantitative estimate of drug-likeness (QED) is 0.752. The maximum atomic E-state index is 3.52. The maximum absolute atomic E-state index is 3.52. The minimum absolute atomic E-state index is 0.551.